The predicted octanol–water partition coefficient (Wildman–Crippen LogP) is 4.18. The first-order chi connectivity index (χ1) is 17.3. The number of pyridine rings is 2. The smallest absolute Gasteiger partial charge is 0.252 e. The molecule has 0 bridgehead atoms. The Kier molecular flexibility index (Phi) is 5.31. The summed E-state index contributed by atoms with van der Waals surface area (Å²) in [7, 11) is 0. The minimum atomic E-state index is -0.197. The molecule has 35 heavy (non-hydrogen) atoms. The van der Waals surface area contributed by atoms with Gasteiger partial charge in [-0.15, -0.1) is 0 Å². The van der Waals surface area contributed by atoms with Crippen LogP contribution in [-0.4, -0.2) is 38.9 Å². The first-order valence-corrected chi connectivity index (χ1v) is 11.3. The standard InChI is InChI=1S/C27H21N5O3/c33-27(29-17-19-5-3-10-28-26(19)32-12-4-11-30-32)21-16-23(31-22-7-2-1-6-20(21)22)18-8-9-24-25(15-18)35-14-13-34-24/h1-12,15-16H,13-14,17H2,(H,29,33). The third-order valence-electron chi connectivity index (χ3n) is 5.83. The molecule has 3 aromatic heterocycles. The number of aromatic nitrogens is 4. The minimum Gasteiger partial charge on any atom is -0.486 e. The highest BCUT2D eigenvalue weighted by Gasteiger charge is 2.17. The highest BCUT2D eigenvalue weighted by molar-refractivity contribution is 6.07. The van der Waals surface area contributed by atoms with E-state index in [0.29, 0.717) is 48.3 Å². The van der Waals surface area contributed by atoms with E-state index in [4.69, 9.17) is 14.5 Å². The molecule has 1 aliphatic heterocycles. The highest BCUT2D eigenvalue weighted by atomic mass is 16.6. The molecule has 8 heteroatoms. The van der Waals surface area contributed by atoms with E-state index in [1.165, 1.54) is 0 Å². The largest absolute Gasteiger partial charge is 0.486 e. The molecule has 0 fully saturated rings. The lowest BCUT2D eigenvalue weighted by atomic mass is 10.0. The molecular weight excluding hydrogens is 442 g/mol. The Morgan fingerprint density at radius 2 is 1.83 bits per heavy atom. The zero-order valence-electron chi connectivity index (χ0n) is 18.7. The lowest BCUT2D eigenvalue weighted by molar-refractivity contribution is 0.0952. The summed E-state index contributed by atoms with van der Waals surface area (Å²) in [5, 5.41) is 8.09. The van der Waals surface area contributed by atoms with Gasteiger partial charge in [0.25, 0.3) is 5.91 Å². The summed E-state index contributed by atoms with van der Waals surface area (Å²) in [6, 6.07) is 20.8. The van der Waals surface area contributed by atoms with Crippen LogP contribution in [0.2, 0.25) is 0 Å². The van der Waals surface area contributed by atoms with E-state index < -0.39 is 0 Å². The number of fused-ring (bicyclic) bond motifs is 2. The zero-order valence-corrected chi connectivity index (χ0v) is 18.7. The minimum absolute atomic E-state index is 0.197. The van der Waals surface area contributed by atoms with E-state index >= 15 is 0 Å². The number of nitrogens with zero attached hydrogens (tertiary/aromatic N) is 4. The van der Waals surface area contributed by atoms with Gasteiger partial charge in [0.2, 0.25) is 0 Å². The second-order valence-corrected chi connectivity index (χ2v) is 8.05. The van der Waals surface area contributed by atoms with E-state index in [0.717, 1.165) is 22.0 Å². The molecule has 0 saturated carbocycles. The number of amides is 1. The van der Waals surface area contributed by atoms with E-state index in [1.807, 2.05) is 72.9 Å². The van der Waals surface area contributed by atoms with Gasteiger partial charge in [-0.1, -0.05) is 24.3 Å². The fraction of sp³-hybridized carbons (Fsp3) is 0.111. The van der Waals surface area contributed by atoms with Crippen molar-refractivity contribution in [3.8, 4) is 28.6 Å². The maximum absolute atomic E-state index is 13.4. The van der Waals surface area contributed by atoms with Gasteiger partial charge < -0.3 is 14.8 Å². The Balaban J connectivity index is 1.34. The van der Waals surface area contributed by atoms with Gasteiger partial charge in [-0.3, -0.25) is 4.79 Å². The summed E-state index contributed by atoms with van der Waals surface area (Å²) in [4.78, 5) is 22.7. The molecule has 5 aromatic rings. The number of hydrogen-bond donors (Lipinski definition) is 1. The summed E-state index contributed by atoms with van der Waals surface area (Å²) < 4.78 is 13.1. The molecule has 1 amide bonds. The Morgan fingerprint density at radius 3 is 2.71 bits per heavy atom. The predicted molar refractivity (Wildman–Crippen MR) is 131 cm³/mol. The van der Waals surface area contributed by atoms with Crippen molar-refractivity contribution in [2.24, 2.45) is 0 Å². The maximum atomic E-state index is 13.4. The molecule has 0 unspecified atom stereocenters. The average molecular weight is 463 g/mol. The van der Waals surface area contributed by atoms with Crippen LogP contribution in [0.25, 0.3) is 28.0 Å². The van der Waals surface area contributed by atoms with Gasteiger partial charge in [-0.05, 0) is 42.5 Å². The molecule has 172 valence electrons. The van der Waals surface area contributed by atoms with Crippen LogP contribution < -0.4 is 14.8 Å². The molecule has 8 nitrogen and oxygen atoms in total. The molecule has 0 radical (unpaired) electrons. The van der Waals surface area contributed by atoms with E-state index in [1.54, 1.807) is 17.1 Å². The number of para-hydroxylation sites is 1. The zero-order chi connectivity index (χ0) is 23.6. The molecule has 0 atom stereocenters. The molecule has 6 rings (SSSR count). The Bertz CT molecular complexity index is 1530. The van der Waals surface area contributed by atoms with Crippen molar-refractivity contribution in [3.63, 3.8) is 0 Å². The van der Waals surface area contributed by atoms with Crippen LogP contribution in [0.5, 0.6) is 11.5 Å². The van der Waals surface area contributed by atoms with Crippen molar-refractivity contribution < 1.29 is 14.3 Å². The molecule has 0 spiro atoms. The van der Waals surface area contributed by atoms with Crippen LogP contribution in [0.15, 0.2) is 85.3 Å². The summed E-state index contributed by atoms with van der Waals surface area (Å²) in [5.41, 5.74) is 3.68. The topological polar surface area (TPSA) is 91.2 Å². The Labute approximate surface area is 201 Å². The number of hydrogen-bond acceptors (Lipinski definition) is 6. The molecule has 1 aliphatic rings. The van der Waals surface area contributed by atoms with Crippen molar-refractivity contribution >= 4 is 16.8 Å². The van der Waals surface area contributed by atoms with Gasteiger partial charge in [-0.25, -0.2) is 14.6 Å². The SMILES string of the molecule is O=C(NCc1cccnc1-n1cccn1)c1cc(-c2ccc3c(c2)OCCO3)nc2ccccc12. The third-order valence-corrected chi connectivity index (χ3v) is 5.83. The van der Waals surface area contributed by atoms with Crippen molar-refractivity contribution in [1.29, 1.82) is 0 Å². The van der Waals surface area contributed by atoms with Crippen molar-refractivity contribution in [2.75, 3.05) is 13.2 Å². The van der Waals surface area contributed by atoms with Crippen LogP contribution in [0.1, 0.15) is 15.9 Å². The Hall–Kier alpha value is -4.72. The van der Waals surface area contributed by atoms with Gasteiger partial charge in [0.1, 0.15) is 13.2 Å². The normalized spacial score (nSPS) is 12.5. The number of carbonyl (C=O) groups excluding carboxylic acids is 1. The molecular formula is C27H21N5O3. The van der Waals surface area contributed by atoms with Crippen LogP contribution in [0, 0.1) is 0 Å². The van der Waals surface area contributed by atoms with Gasteiger partial charge in [0.15, 0.2) is 17.3 Å². The van der Waals surface area contributed by atoms with Gasteiger partial charge in [-0.2, -0.15) is 5.10 Å². The first-order valence-electron chi connectivity index (χ1n) is 11.3. The monoisotopic (exact) mass is 463 g/mol. The van der Waals surface area contributed by atoms with Crippen LogP contribution in [0.3, 0.4) is 0 Å². The second-order valence-electron chi connectivity index (χ2n) is 8.05. The number of carbonyl (C=O) groups is 1. The average Bonchev–Trinajstić information content (AvgIpc) is 3.46. The summed E-state index contributed by atoms with van der Waals surface area (Å²) >= 11 is 0. The van der Waals surface area contributed by atoms with Crippen molar-refractivity contribution in [2.45, 2.75) is 6.54 Å². The molecule has 0 saturated heterocycles. The van der Waals surface area contributed by atoms with Crippen molar-refractivity contribution in [1.82, 2.24) is 25.1 Å². The van der Waals surface area contributed by atoms with E-state index in [9.17, 15) is 4.79 Å². The summed E-state index contributed by atoms with van der Waals surface area (Å²) in [6.07, 6.45) is 5.22. The molecule has 4 heterocycles. The quantitative estimate of drug-likeness (QED) is 0.420. The second kappa shape index (κ2) is 8.90. The number of benzene rings is 2. The van der Waals surface area contributed by atoms with Crippen molar-refractivity contribution in [3.05, 3.63) is 96.4 Å². The van der Waals surface area contributed by atoms with Gasteiger partial charge in [0, 0.05) is 41.6 Å². The summed E-state index contributed by atoms with van der Waals surface area (Å²) in [5.74, 6) is 1.87. The fourth-order valence-corrected chi connectivity index (χ4v) is 4.15. The summed E-state index contributed by atoms with van der Waals surface area (Å²) in [6.45, 7) is 1.34. The fourth-order valence-electron chi connectivity index (χ4n) is 4.15. The van der Waals surface area contributed by atoms with Crippen LogP contribution in [0.4, 0.5) is 0 Å². The maximum Gasteiger partial charge on any atom is 0.252 e. The van der Waals surface area contributed by atoms with E-state index in [-0.39, 0.29) is 5.91 Å². The molecule has 1 N–H and O–H groups in total. The lowest BCUT2D eigenvalue weighted by Gasteiger charge is -2.19. The van der Waals surface area contributed by atoms with Gasteiger partial charge in [0.05, 0.1) is 16.8 Å². The number of rotatable bonds is 5. The molecule has 0 aliphatic carbocycles. The number of nitrogens with one attached hydrogen (secondary N) is 1. The lowest BCUT2D eigenvalue weighted by Crippen LogP contribution is -2.24. The van der Waals surface area contributed by atoms with Crippen LogP contribution in [-0.2, 0) is 6.54 Å². The van der Waals surface area contributed by atoms with Crippen LogP contribution >= 0.6 is 0 Å². The third kappa shape index (κ3) is 4.06. The van der Waals surface area contributed by atoms with E-state index in [2.05, 4.69) is 15.4 Å². The first kappa shape index (κ1) is 20.9. The molecule has 2 aromatic carbocycles. The Morgan fingerprint density at radius 1 is 0.943 bits per heavy atom. The highest BCUT2D eigenvalue weighted by Crippen LogP contribution is 2.35. The number of ether oxygens (including phenoxy) is 2. The van der Waals surface area contributed by atoms with Gasteiger partial charge >= 0.3 is 0 Å².